The molecule has 0 spiro atoms. The minimum absolute atomic E-state index is 0.175. The van der Waals surface area contributed by atoms with Crippen molar-refractivity contribution in [2.75, 3.05) is 18.3 Å². The average Bonchev–Trinajstić information content (AvgIpc) is 2.52. The van der Waals surface area contributed by atoms with E-state index in [1.807, 2.05) is 31.5 Å². The molecule has 22 heavy (non-hydrogen) atoms. The van der Waals surface area contributed by atoms with E-state index in [1.54, 1.807) is 17.0 Å². The Morgan fingerprint density at radius 2 is 1.91 bits per heavy atom. The summed E-state index contributed by atoms with van der Waals surface area (Å²) < 4.78 is 29.4. The smallest absolute Gasteiger partial charge is 0.338 e. The molecular formula is C16H19NO4S. The molecule has 0 saturated heterocycles. The molecule has 1 aromatic carbocycles. The molecular weight excluding hydrogens is 302 g/mol. The first kappa shape index (κ1) is 16.3. The Morgan fingerprint density at radius 1 is 1.27 bits per heavy atom. The molecule has 0 fully saturated rings. The summed E-state index contributed by atoms with van der Waals surface area (Å²) in [6.07, 6.45) is 9.90. The number of hydrogen-bond acceptors (Lipinski definition) is 5. The lowest BCUT2D eigenvalue weighted by Crippen LogP contribution is -2.17. The molecule has 5 nitrogen and oxygen atoms in total. The average molecular weight is 321 g/mol. The van der Waals surface area contributed by atoms with E-state index in [1.165, 1.54) is 7.11 Å². The summed E-state index contributed by atoms with van der Waals surface area (Å²) in [5.41, 5.74) is 1.32. The van der Waals surface area contributed by atoms with Gasteiger partial charge in [0, 0.05) is 18.7 Å². The van der Waals surface area contributed by atoms with Gasteiger partial charge in [-0.2, -0.15) is 0 Å². The van der Waals surface area contributed by atoms with Crippen molar-refractivity contribution in [2.45, 2.75) is 24.7 Å². The second-order valence-electron chi connectivity index (χ2n) is 4.97. The van der Waals surface area contributed by atoms with Crippen molar-refractivity contribution in [2.24, 2.45) is 0 Å². The maximum absolute atomic E-state index is 12.3. The van der Waals surface area contributed by atoms with Crippen LogP contribution in [0.4, 0.5) is 5.69 Å². The highest BCUT2D eigenvalue weighted by atomic mass is 32.2. The van der Waals surface area contributed by atoms with E-state index >= 15 is 0 Å². The van der Waals surface area contributed by atoms with Crippen molar-refractivity contribution in [1.29, 1.82) is 0 Å². The van der Waals surface area contributed by atoms with Gasteiger partial charge in [-0.15, -0.1) is 0 Å². The van der Waals surface area contributed by atoms with Crippen LogP contribution in [-0.2, 0) is 21.0 Å². The minimum Gasteiger partial charge on any atom is -0.465 e. The van der Waals surface area contributed by atoms with Gasteiger partial charge < -0.3 is 9.64 Å². The lowest BCUT2D eigenvalue weighted by atomic mass is 10.0. The highest BCUT2D eigenvalue weighted by Gasteiger charge is 2.25. The number of rotatable bonds is 4. The third-order valence-corrected chi connectivity index (χ3v) is 4.65. The van der Waals surface area contributed by atoms with Gasteiger partial charge in [-0.1, -0.05) is 19.1 Å². The summed E-state index contributed by atoms with van der Waals surface area (Å²) in [7, 11) is -2.22. The fourth-order valence-electron chi connectivity index (χ4n) is 2.52. The Kier molecular flexibility index (Phi) is 4.71. The molecule has 118 valence electrons. The van der Waals surface area contributed by atoms with Crippen LogP contribution in [0.3, 0.4) is 0 Å². The second-order valence-corrected chi connectivity index (χ2v) is 6.92. The third kappa shape index (κ3) is 3.06. The summed E-state index contributed by atoms with van der Waals surface area (Å²) in [6.45, 7) is 1.82. The van der Waals surface area contributed by atoms with Gasteiger partial charge in [0.1, 0.15) is 0 Å². The molecule has 1 aliphatic heterocycles. The topological polar surface area (TPSA) is 63.7 Å². The summed E-state index contributed by atoms with van der Waals surface area (Å²) in [5.74, 6) is -0.530. The fourth-order valence-corrected chi connectivity index (χ4v) is 3.78. The van der Waals surface area contributed by atoms with Gasteiger partial charge in [-0.3, -0.25) is 0 Å². The number of sulfone groups is 1. The zero-order valence-electron chi connectivity index (χ0n) is 12.9. The van der Waals surface area contributed by atoms with E-state index in [0.29, 0.717) is 23.2 Å². The summed E-state index contributed by atoms with van der Waals surface area (Å²) in [6, 6.07) is 3.26. The van der Waals surface area contributed by atoms with Crippen LogP contribution in [-0.4, -0.2) is 27.8 Å². The van der Waals surface area contributed by atoms with E-state index in [4.69, 9.17) is 4.74 Å². The Hall–Kier alpha value is -2.08. The predicted octanol–water partition coefficient (Wildman–Crippen LogP) is 2.68. The molecule has 2 rings (SSSR count). The number of esters is 1. The van der Waals surface area contributed by atoms with Crippen LogP contribution in [0.2, 0.25) is 0 Å². The van der Waals surface area contributed by atoms with E-state index in [2.05, 4.69) is 0 Å². The van der Waals surface area contributed by atoms with Crippen molar-refractivity contribution in [3.63, 3.8) is 0 Å². The Balaban J connectivity index is 2.75. The lowest BCUT2D eigenvalue weighted by molar-refractivity contribution is 0.0599. The number of methoxy groups -OCH3 is 1. The molecule has 0 unspecified atom stereocenters. The fraction of sp³-hybridized carbons (Fsp3) is 0.312. The first-order valence-electron chi connectivity index (χ1n) is 6.96. The van der Waals surface area contributed by atoms with Crippen LogP contribution in [0.15, 0.2) is 41.6 Å². The van der Waals surface area contributed by atoms with Crippen LogP contribution in [0.25, 0.3) is 0 Å². The van der Waals surface area contributed by atoms with E-state index in [-0.39, 0.29) is 4.90 Å². The summed E-state index contributed by atoms with van der Waals surface area (Å²) in [4.78, 5) is 13.8. The number of carbonyl (C=O) groups is 1. The molecule has 1 heterocycles. The SMILES string of the molecule is CCc1c(C(=O)OC)ccc(N2C=CCC=C2)c1S(C)(=O)=O. The first-order valence-corrected chi connectivity index (χ1v) is 8.85. The number of allylic oxidation sites excluding steroid dienone is 2. The number of hydrogen-bond donors (Lipinski definition) is 0. The first-order chi connectivity index (χ1) is 10.4. The van der Waals surface area contributed by atoms with Crippen LogP contribution in [0.1, 0.15) is 29.3 Å². The standard InChI is InChI=1S/C16H19NO4S/c1-4-12-13(16(18)21-2)8-9-14(15(12)22(3,19)20)17-10-6-5-7-11-17/h6-11H,4-5H2,1-3H3. The van der Waals surface area contributed by atoms with Gasteiger partial charge in [0.05, 0.1) is 23.3 Å². The number of ether oxygens (including phenoxy) is 1. The molecule has 0 radical (unpaired) electrons. The van der Waals surface area contributed by atoms with E-state index in [0.717, 1.165) is 12.7 Å². The molecule has 0 bridgehead atoms. The van der Waals surface area contributed by atoms with Crippen LogP contribution in [0.5, 0.6) is 0 Å². The third-order valence-electron chi connectivity index (χ3n) is 3.45. The van der Waals surface area contributed by atoms with Gasteiger partial charge in [-0.25, -0.2) is 13.2 Å². The molecule has 0 aliphatic carbocycles. The van der Waals surface area contributed by atoms with Gasteiger partial charge in [0.2, 0.25) is 0 Å². The molecule has 0 aromatic heterocycles. The number of carbonyl (C=O) groups excluding carboxylic acids is 1. The van der Waals surface area contributed by atoms with E-state index < -0.39 is 15.8 Å². The Labute approximate surface area is 130 Å². The largest absolute Gasteiger partial charge is 0.465 e. The quantitative estimate of drug-likeness (QED) is 0.798. The normalized spacial score (nSPS) is 14.2. The summed E-state index contributed by atoms with van der Waals surface area (Å²) >= 11 is 0. The molecule has 0 atom stereocenters. The zero-order valence-corrected chi connectivity index (χ0v) is 13.7. The molecule has 6 heteroatoms. The second kappa shape index (κ2) is 6.36. The van der Waals surface area contributed by atoms with Gasteiger partial charge >= 0.3 is 5.97 Å². The molecule has 1 aromatic rings. The van der Waals surface area contributed by atoms with Crippen molar-refractivity contribution in [3.05, 3.63) is 47.8 Å². The molecule has 0 N–H and O–H groups in total. The molecule has 0 amide bonds. The highest BCUT2D eigenvalue weighted by Crippen LogP contribution is 2.33. The summed E-state index contributed by atoms with van der Waals surface area (Å²) in [5, 5.41) is 0. The minimum atomic E-state index is -3.51. The maximum atomic E-state index is 12.3. The predicted molar refractivity (Wildman–Crippen MR) is 85.6 cm³/mol. The van der Waals surface area contributed by atoms with Crippen LogP contribution >= 0.6 is 0 Å². The van der Waals surface area contributed by atoms with Crippen molar-refractivity contribution < 1.29 is 17.9 Å². The number of anilines is 1. The zero-order chi connectivity index (χ0) is 16.3. The van der Waals surface area contributed by atoms with Gasteiger partial charge in [0.25, 0.3) is 0 Å². The Bertz CT molecular complexity index is 736. The van der Waals surface area contributed by atoms with Gasteiger partial charge in [0.15, 0.2) is 9.84 Å². The molecule has 0 saturated carbocycles. The molecule has 1 aliphatic rings. The van der Waals surface area contributed by atoms with Crippen molar-refractivity contribution in [1.82, 2.24) is 0 Å². The maximum Gasteiger partial charge on any atom is 0.338 e. The van der Waals surface area contributed by atoms with Crippen LogP contribution in [0, 0.1) is 0 Å². The lowest BCUT2D eigenvalue weighted by Gasteiger charge is -2.23. The van der Waals surface area contributed by atoms with Crippen LogP contribution < -0.4 is 4.90 Å². The number of benzene rings is 1. The monoisotopic (exact) mass is 321 g/mol. The van der Waals surface area contributed by atoms with E-state index in [9.17, 15) is 13.2 Å². The highest BCUT2D eigenvalue weighted by molar-refractivity contribution is 7.91. The van der Waals surface area contributed by atoms with Crippen molar-refractivity contribution in [3.8, 4) is 0 Å². The van der Waals surface area contributed by atoms with Crippen molar-refractivity contribution >= 4 is 21.5 Å². The Morgan fingerprint density at radius 3 is 2.41 bits per heavy atom. The van der Waals surface area contributed by atoms with Gasteiger partial charge in [-0.05, 0) is 30.5 Å². The number of nitrogens with zero attached hydrogens (tertiary/aromatic N) is 1.